The lowest BCUT2D eigenvalue weighted by atomic mass is 9.75. The molecule has 2 aromatic carbocycles. The van der Waals surface area contributed by atoms with Gasteiger partial charge in [-0.2, -0.15) is 0 Å². The highest BCUT2D eigenvalue weighted by atomic mass is 16.3. The van der Waals surface area contributed by atoms with Gasteiger partial charge >= 0.3 is 0 Å². The standard InChI is InChI=1S/C27H29N5O2/c1-19(34)27-28-12-13-32(27)25(16-33)11-4-20-2-5-21(6-3-20)22-7-9-23(10-8-22)24-14-26(15-24)31-17-29-30-18-31/h2-3,5-10,17-19,24-26,33-34H,12-16H2,1H3/t19-,24?,25-,26?/m0/s1. The summed E-state index contributed by atoms with van der Waals surface area (Å²) < 4.78 is 2.10. The fourth-order valence-electron chi connectivity index (χ4n) is 4.75. The first-order valence-electron chi connectivity index (χ1n) is 11.8. The topological polar surface area (TPSA) is 86.8 Å². The van der Waals surface area contributed by atoms with Gasteiger partial charge in [-0.15, -0.1) is 10.2 Å². The highest BCUT2D eigenvalue weighted by Gasteiger charge is 2.31. The number of aromatic nitrogens is 3. The van der Waals surface area contributed by atoms with Gasteiger partial charge in [0.2, 0.25) is 0 Å². The van der Waals surface area contributed by atoms with Crippen LogP contribution in [0.15, 0.2) is 66.2 Å². The molecule has 1 saturated carbocycles. The average molecular weight is 456 g/mol. The maximum absolute atomic E-state index is 9.90. The van der Waals surface area contributed by atoms with E-state index in [0.29, 0.717) is 30.9 Å². The van der Waals surface area contributed by atoms with E-state index in [1.165, 1.54) is 11.1 Å². The van der Waals surface area contributed by atoms with Crippen molar-refractivity contribution in [2.24, 2.45) is 4.99 Å². The predicted octanol–water partition coefficient (Wildman–Crippen LogP) is 2.87. The van der Waals surface area contributed by atoms with Gasteiger partial charge in [0.15, 0.2) is 0 Å². The van der Waals surface area contributed by atoms with Crippen molar-refractivity contribution in [2.75, 3.05) is 19.7 Å². The molecule has 0 unspecified atom stereocenters. The lowest BCUT2D eigenvalue weighted by Crippen LogP contribution is -2.43. The van der Waals surface area contributed by atoms with Gasteiger partial charge in [-0.05, 0) is 54.5 Å². The number of aliphatic imine (C=N–C) groups is 1. The molecule has 3 aromatic rings. The number of benzene rings is 2. The Labute approximate surface area is 199 Å². The summed E-state index contributed by atoms with van der Waals surface area (Å²) in [6, 6.07) is 17.2. The zero-order valence-corrected chi connectivity index (χ0v) is 19.2. The first-order valence-corrected chi connectivity index (χ1v) is 11.8. The van der Waals surface area contributed by atoms with Crippen LogP contribution < -0.4 is 0 Å². The van der Waals surface area contributed by atoms with E-state index in [1.807, 2.05) is 17.0 Å². The van der Waals surface area contributed by atoms with E-state index in [4.69, 9.17) is 0 Å². The van der Waals surface area contributed by atoms with Crippen LogP contribution in [0.2, 0.25) is 0 Å². The molecule has 174 valence electrons. The smallest absolute Gasteiger partial charge is 0.129 e. The molecule has 1 aliphatic heterocycles. The van der Waals surface area contributed by atoms with Gasteiger partial charge in [-0.25, -0.2) is 0 Å². The molecule has 2 atom stereocenters. The average Bonchev–Trinajstić information content (AvgIpc) is 3.52. The molecule has 0 amide bonds. The van der Waals surface area contributed by atoms with Crippen LogP contribution in [-0.2, 0) is 0 Å². The highest BCUT2D eigenvalue weighted by molar-refractivity contribution is 5.88. The monoisotopic (exact) mass is 455 g/mol. The van der Waals surface area contributed by atoms with Crippen molar-refractivity contribution in [2.45, 2.75) is 43.9 Å². The van der Waals surface area contributed by atoms with Crippen LogP contribution in [0.4, 0.5) is 0 Å². The van der Waals surface area contributed by atoms with Crippen LogP contribution in [0.1, 0.15) is 42.9 Å². The van der Waals surface area contributed by atoms with Crippen molar-refractivity contribution in [3.8, 4) is 23.0 Å². The first-order chi connectivity index (χ1) is 16.6. The minimum atomic E-state index is -0.663. The molecule has 5 rings (SSSR count). The molecule has 0 saturated heterocycles. The summed E-state index contributed by atoms with van der Waals surface area (Å²) in [5, 5.41) is 27.5. The fraction of sp³-hybridized carbons (Fsp3) is 0.370. The Morgan fingerprint density at radius 1 is 1.00 bits per heavy atom. The largest absolute Gasteiger partial charge is 0.393 e. The summed E-state index contributed by atoms with van der Waals surface area (Å²) in [7, 11) is 0. The van der Waals surface area contributed by atoms with Crippen molar-refractivity contribution in [3.63, 3.8) is 0 Å². The zero-order valence-electron chi connectivity index (χ0n) is 19.2. The highest BCUT2D eigenvalue weighted by Crippen LogP contribution is 2.44. The van der Waals surface area contributed by atoms with E-state index in [0.717, 1.165) is 24.0 Å². The van der Waals surface area contributed by atoms with Crippen molar-refractivity contribution >= 4 is 5.84 Å². The minimum absolute atomic E-state index is 0.107. The summed E-state index contributed by atoms with van der Waals surface area (Å²) in [5.41, 5.74) is 4.60. The SMILES string of the molecule is C[C@H](O)C1=NCCN1[C@@H](C#Cc1ccc(-c2ccc(C3CC(n4cnnc4)C3)cc2)cc1)CO. The normalized spacial score (nSPS) is 21.3. The number of amidine groups is 1. The minimum Gasteiger partial charge on any atom is -0.393 e. The molecular weight excluding hydrogens is 426 g/mol. The maximum atomic E-state index is 9.90. The second-order valence-corrected chi connectivity index (χ2v) is 9.01. The number of nitrogens with zero attached hydrogens (tertiary/aromatic N) is 5. The molecule has 7 heteroatoms. The molecule has 34 heavy (non-hydrogen) atoms. The molecule has 2 heterocycles. The Morgan fingerprint density at radius 3 is 2.26 bits per heavy atom. The number of rotatable bonds is 6. The molecule has 0 spiro atoms. The van der Waals surface area contributed by atoms with E-state index < -0.39 is 6.10 Å². The van der Waals surface area contributed by atoms with Crippen LogP contribution in [-0.4, -0.2) is 67.6 Å². The van der Waals surface area contributed by atoms with Gasteiger partial charge in [0.25, 0.3) is 0 Å². The molecule has 0 radical (unpaired) electrons. The lowest BCUT2D eigenvalue weighted by Gasteiger charge is -2.36. The summed E-state index contributed by atoms with van der Waals surface area (Å²) in [4.78, 5) is 6.23. The second kappa shape index (κ2) is 9.80. The van der Waals surface area contributed by atoms with E-state index in [1.54, 1.807) is 19.6 Å². The summed E-state index contributed by atoms with van der Waals surface area (Å²) >= 11 is 0. The third-order valence-corrected chi connectivity index (χ3v) is 6.79. The summed E-state index contributed by atoms with van der Waals surface area (Å²) in [6.07, 6.45) is 5.19. The third kappa shape index (κ3) is 4.60. The number of hydrogen-bond donors (Lipinski definition) is 2. The third-order valence-electron chi connectivity index (χ3n) is 6.79. The van der Waals surface area contributed by atoms with E-state index in [-0.39, 0.29) is 12.6 Å². The molecule has 2 N–H and O–H groups in total. The van der Waals surface area contributed by atoms with Gasteiger partial charge in [0.05, 0.1) is 13.2 Å². The number of aliphatic hydroxyl groups is 2. The number of hydrogen-bond acceptors (Lipinski definition) is 6. The van der Waals surface area contributed by atoms with Gasteiger partial charge in [-0.3, -0.25) is 4.99 Å². The molecule has 1 aliphatic carbocycles. The van der Waals surface area contributed by atoms with Crippen LogP contribution in [0, 0.1) is 11.8 Å². The molecule has 2 aliphatic rings. The predicted molar refractivity (Wildman–Crippen MR) is 131 cm³/mol. The van der Waals surface area contributed by atoms with Crippen LogP contribution in [0.3, 0.4) is 0 Å². The van der Waals surface area contributed by atoms with Gasteiger partial charge < -0.3 is 19.7 Å². The Hall–Kier alpha value is -3.47. The fourth-order valence-corrected chi connectivity index (χ4v) is 4.75. The Bertz CT molecular complexity index is 1180. The zero-order chi connectivity index (χ0) is 23.5. The second-order valence-electron chi connectivity index (χ2n) is 9.01. The molecular formula is C27H29N5O2. The number of aliphatic hydroxyl groups excluding tert-OH is 2. The van der Waals surface area contributed by atoms with Crippen molar-refractivity contribution in [1.82, 2.24) is 19.7 Å². The van der Waals surface area contributed by atoms with Crippen molar-refractivity contribution in [1.29, 1.82) is 0 Å². The summed E-state index contributed by atoms with van der Waals surface area (Å²) in [6.45, 7) is 2.86. The van der Waals surface area contributed by atoms with E-state index >= 15 is 0 Å². The lowest BCUT2D eigenvalue weighted by molar-refractivity contribution is 0.198. The van der Waals surface area contributed by atoms with Gasteiger partial charge in [0, 0.05) is 18.2 Å². The first kappa shape index (κ1) is 22.3. The van der Waals surface area contributed by atoms with E-state index in [2.05, 4.69) is 68.0 Å². The molecule has 1 aromatic heterocycles. The maximum Gasteiger partial charge on any atom is 0.129 e. The Morgan fingerprint density at radius 2 is 1.65 bits per heavy atom. The van der Waals surface area contributed by atoms with Crippen molar-refractivity contribution in [3.05, 3.63) is 72.3 Å². The van der Waals surface area contributed by atoms with Crippen LogP contribution in [0.25, 0.3) is 11.1 Å². The summed E-state index contributed by atoms with van der Waals surface area (Å²) in [5.74, 6) is 7.50. The van der Waals surface area contributed by atoms with Crippen LogP contribution >= 0.6 is 0 Å². The van der Waals surface area contributed by atoms with Crippen molar-refractivity contribution < 1.29 is 10.2 Å². The Balaban J connectivity index is 1.21. The molecule has 1 fully saturated rings. The van der Waals surface area contributed by atoms with Crippen LogP contribution in [0.5, 0.6) is 0 Å². The van der Waals surface area contributed by atoms with E-state index in [9.17, 15) is 10.2 Å². The Kier molecular flexibility index (Phi) is 6.43. The van der Waals surface area contributed by atoms with Gasteiger partial charge in [0.1, 0.15) is 30.6 Å². The van der Waals surface area contributed by atoms with Gasteiger partial charge in [-0.1, -0.05) is 48.2 Å². The molecule has 7 nitrogen and oxygen atoms in total. The molecule has 0 bridgehead atoms. The quantitative estimate of drug-likeness (QED) is 0.558.